The third kappa shape index (κ3) is 2.64. The van der Waals surface area contributed by atoms with Gasteiger partial charge in [-0.1, -0.05) is 11.6 Å². The Morgan fingerprint density at radius 3 is 2.68 bits per heavy atom. The van der Waals surface area contributed by atoms with E-state index < -0.39 is 21.6 Å². The highest BCUT2D eigenvalue weighted by Gasteiger charge is 2.23. The molecule has 6 nitrogen and oxygen atoms in total. The zero-order valence-electron chi connectivity index (χ0n) is 9.63. The number of anilines is 1. The molecule has 0 aliphatic rings. The van der Waals surface area contributed by atoms with Crippen LogP contribution in [0.2, 0.25) is 5.02 Å². The molecule has 1 heterocycles. The van der Waals surface area contributed by atoms with Crippen molar-refractivity contribution < 1.29 is 17.9 Å². The SMILES string of the molecule is Cn1ncc(Cl)c1S(=O)(=O)Nc1ccc(O)c(F)c1. The van der Waals surface area contributed by atoms with E-state index in [4.69, 9.17) is 16.7 Å². The van der Waals surface area contributed by atoms with E-state index in [2.05, 4.69) is 9.82 Å². The maximum atomic E-state index is 13.1. The molecule has 0 unspecified atom stereocenters. The van der Waals surface area contributed by atoms with Crippen molar-refractivity contribution in [3.63, 3.8) is 0 Å². The van der Waals surface area contributed by atoms with Crippen LogP contribution < -0.4 is 4.72 Å². The van der Waals surface area contributed by atoms with Crippen molar-refractivity contribution in [3.8, 4) is 5.75 Å². The maximum absolute atomic E-state index is 13.1. The van der Waals surface area contributed by atoms with Gasteiger partial charge in [0.25, 0.3) is 10.0 Å². The maximum Gasteiger partial charge on any atom is 0.280 e. The van der Waals surface area contributed by atoms with E-state index in [0.717, 1.165) is 16.8 Å². The molecule has 2 N–H and O–H groups in total. The number of sulfonamides is 1. The summed E-state index contributed by atoms with van der Waals surface area (Å²) in [4.78, 5) is 0. The summed E-state index contributed by atoms with van der Waals surface area (Å²) >= 11 is 5.74. The molecule has 0 radical (unpaired) electrons. The predicted molar refractivity (Wildman–Crippen MR) is 67.1 cm³/mol. The Hall–Kier alpha value is -1.80. The molecule has 0 bridgehead atoms. The molecule has 0 saturated heterocycles. The molecule has 1 aromatic heterocycles. The Balaban J connectivity index is 2.39. The second kappa shape index (κ2) is 4.71. The van der Waals surface area contributed by atoms with Crippen molar-refractivity contribution in [3.05, 3.63) is 35.2 Å². The lowest BCUT2D eigenvalue weighted by Crippen LogP contribution is -2.17. The van der Waals surface area contributed by atoms with E-state index in [1.54, 1.807) is 0 Å². The van der Waals surface area contributed by atoms with Crippen molar-refractivity contribution >= 4 is 27.3 Å². The van der Waals surface area contributed by atoms with Crippen molar-refractivity contribution in [1.82, 2.24) is 9.78 Å². The highest BCUT2D eigenvalue weighted by molar-refractivity contribution is 7.92. The third-order valence-electron chi connectivity index (χ3n) is 2.30. The van der Waals surface area contributed by atoms with Crippen LogP contribution in [0.15, 0.2) is 29.4 Å². The van der Waals surface area contributed by atoms with Gasteiger partial charge in [-0.15, -0.1) is 0 Å². The number of halogens is 2. The summed E-state index contributed by atoms with van der Waals surface area (Å²) in [6.07, 6.45) is 1.19. The minimum atomic E-state index is -3.99. The van der Waals surface area contributed by atoms with E-state index in [-0.39, 0.29) is 15.7 Å². The average molecular weight is 306 g/mol. The number of nitrogens with one attached hydrogen (secondary N) is 1. The fourth-order valence-corrected chi connectivity index (χ4v) is 3.18. The molecule has 0 atom stereocenters. The monoisotopic (exact) mass is 305 g/mol. The molecule has 0 aliphatic carbocycles. The van der Waals surface area contributed by atoms with E-state index in [9.17, 15) is 12.8 Å². The quantitative estimate of drug-likeness (QED) is 0.846. The normalized spacial score (nSPS) is 11.5. The van der Waals surface area contributed by atoms with Crippen molar-refractivity contribution in [2.75, 3.05) is 4.72 Å². The number of hydrogen-bond acceptors (Lipinski definition) is 4. The first-order valence-electron chi connectivity index (χ1n) is 5.00. The van der Waals surface area contributed by atoms with Gasteiger partial charge in [0.1, 0.15) is 0 Å². The molecule has 0 aliphatic heterocycles. The van der Waals surface area contributed by atoms with E-state index in [1.807, 2.05) is 0 Å². The van der Waals surface area contributed by atoms with Crippen LogP contribution in [0.25, 0.3) is 0 Å². The lowest BCUT2D eigenvalue weighted by atomic mass is 10.3. The molecule has 2 rings (SSSR count). The van der Waals surface area contributed by atoms with Gasteiger partial charge in [0.2, 0.25) is 0 Å². The molecular weight excluding hydrogens is 297 g/mol. The predicted octanol–water partition coefficient (Wildman–Crippen LogP) is 1.72. The average Bonchev–Trinajstić information content (AvgIpc) is 2.64. The number of aromatic nitrogens is 2. The van der Waals surface area contributed by atoms with Crippen molar-refractivity contribution in [2.24, 2.45) is 7.05 Å². The highest BCUT2D eigenvalue weighted by Crippen LogP contribution is 2.25. The summed E-state index contributed by atoms with van der Waals surface area (Å²) in [5, 5.41) is 12.5. The molecule has 102 valence electrons. The summed E-state index contributed by atoms with van der Waals surface area (Å²) in [5.41, 5.74) is -0.0347. The van der Waals surface area contributed by atoms with Gasteiger partial charge in [-0.3, -0.25) is 9.40 Å². The van der Waals surface area contributed by atoms with Gasteiger partial charge in [-0.25, -0.2) is 4.39 Å². The first-order chi connectivity index (χ1) is 8.81. The summed E-state index contributed by atoms with van der Waals surface area (Å²) < 4.78 is 40.5. The van der Waals surface area contributed by atoms with Gasteiger partial charge in [0.15, 0.2) is 16.6 Å². The lowest BCUT2D eigenvalue weighted by molar-refractivity contribution is 0.432. The van der Waals surface area contributed by atoms with Gasteiger partial charge in [0.05, 0.1) is 16.9 Å². The first kappa shape index (κ1) is 13.6. The minimum absolute atomic E-state index is 0.0347. The van der Waals surface area contributed by atoms with Crippen LogP contribution in [0.1, 0.15) is 0 Å². The molecular formula is C10H9ClFN3O3S. The number of nitrogens with zero attached hydrogens (tertiary/aromatic N) is 2. The van der Waals surface area contributed by atoms with Crippen LogP contribution in [0, 0.1) is 5.82 Å². The Kier molecular flexibility index (Phi) is 3.38. The standard InChI is InChI=1S/C10H9ClFN3O3S/c1-15-10(7(11)5-13-15)19(17,18)14-6-2-3-9(16)8(12)4-6/h2-5,14,16H,1H3. The smallest absolute Gasteiger partial charge is 0.280 e. The highest BCUT2D eigenvalue weighted by atomic mass is 35.5. The van der Waals surface area contributed by atoms with E-state index >= 15 is 0 Å². The molecule has 19 heavy (non-hydrogen) atoms. The molecule has 2 aromatic rings. The second-order valence-electron chi connectivity index (χ2n) is 3.69. The number of hydrogen-bond donors (Lipinski definition) is 2. The van der Waals surface area contributed by atoms with Gasteiger partial charge < -0.3 is 5.11 Å². The molecule has 0 fully saturated rings. The molecule has 0 spiro atoms. The number of aryl methyl sites for hydroxylation is 1. The molecule has 1 aromatic carbocycles. The summed E-state index contributed by atoms with van der Waals surface area (Å²) in [5.74, 6) is -1.50. The zero-order chi connectivity index (χ0) is 14.2. The van der Waals surface area contributed by atoms with Crippen LogP contribution in [-0.2, 0) is 17.1 Å². The second-order valence-corrected chi connectivity index (χ2v) is 5.70. The largest absolute Gasteiger partial charge is 0.505 e. The fraction of sp³-hybridized carbons (Fsp3) is 0.100. The lowest BCUT2D eigenvalue weighted by Gasteiger charge is -2.09. The Morgan fingerprint density at radius 2 is 2.16 bits per heavy atom. The summed E-state index contributed by atoms with van der Waals surface area (Å²) in [6.45, 7) is 0. The fourth-order valence-electron chi connectivity index (χ4n) is 1.48. The molecule has 0 saturated carbocycles. The Morgan fingerprint density at radius 1 is 1.47 bits per heavy atom. The summed E-state index contributed by atoms with van der Waals surface area (Å²) in [7, 11) is -2.58. The van der Waals surface area contributed by atoms with Gasteiger partial charge in [0, 0.05) is 13.1 Å². The van der Waals surface area contributed by atoms with Crippen molar-refractivity contribution in [1.29, 1.82) is 0 Å². The number of benzene rings is 1. The number of phenols is 1. The zero-order valence-corrected chi connectivity index (χ0v) is 11.2. The third-order valence-corrected chi connectivity index (χ3v) is 4.18. The molecule has 9 heteroatoms. The van der Waals surface area contributed by atoms with Crippen LogP contribution >= 0.6 is 11.6 Å². The van der Waals surface area contributed by atoms with Gasteiger partial charge in [-0.05, 0) is 12.1 Å². The Bertz CT molecular complexity index is 710. The number of aromatic hydroxyl groups is 1. The van der Waals surface area contributed by atoms with E-state index in [0.29, 0.717) is 0 Å². The Labute approximate surface area is 113 Å². The summed E-state index contributed by atoms with van der Waals surface area (Å²) in [6, 6.07) is 3.12. The van der Waals surface area contributed by atoms with Crippen molar-refractivity contribution in [2.45, 2.75) is 5.03 Å². The minimum Gasteiger partial charge on any atom is -0.505 e. The van der Waals surface area contributed by atoms with Crippen LogP contribution in [0.5, 0.6) is 5.75 Å². The van der Waals surface area contributed by atoms with Gasteiger partial charge >= 0.3 is 0 Å². The first-order valence-corrected chi connectivity index (χ1v) is 6.86. The van der Waals surface area contributed by atoms with Crippen LogP contribution in [0.3, 0.4) is 0 Å². The number of phenolic OH excluding ortho intramolecular Hbond substituents is 1. The van der Waals surface area contributed by atoms with Crippen LogP contribution in [-0.4, -0.2) is 23.3 Å². The number of rotatable bonds is 3. The van der Waals surface area contributed by atoms with Gasteiger partial charge in [-0.2, -0.15) is 13.5 Å². The topological polar surface area (TPSA) is 84.2 Å². The molecule has 0 amide bonds. The van der Waals surface area contributed by atoms with E-state index in [1.165, 1.54) is 19.3 Å². The van der Waals surface area contributed by atoms with Crippen LogP contribution in [0.4, 0.5) is 10.1 Å².